The van der Waals surface area contributed by atoms with Crippen molar-refractivity contribution >= 4 is 11.8 Å². The van der Waals surface area contributed by atoms with E-state index in [0.717, 1.165) is 6.42 Å². The predicted octanol–water partition coefficient (Wildman–Crippen LogP) is 3.38. The maximum absolute atomic E-state index is 13.8. The van der Waals surface area contributed by atoms with Crippen LogP contribution in [0.1, 0.15) is 73.6 Å². The topological polar surface area (TPSA) is 117 Å². The molecule has 2 saturated heterocycles. The molecule has 7 heteroatoms. The minimum Gasteiger partial charge on any atom is -0.504 e. The van der Waals surface area contributed by atoms with E-state index in [2.05, 4.69) is 20.8 Å². The van der Waals surface area contributed by atoms with Crippen molar-refractivity contribution in [2.24, 2.45) is 39.4 Å². The van der Waals surface area contributed by atoms with Crippen molar-refractivity contribution in [2.75, 3.05) is 0 Å². The van der Waals surface area contributed by atoms with Crippen LogP contribution >= 0.6 is 0 Å². The highest BCUT2D eigenvalue weighted by molar-refractivity contribution is 6.08. The molecule has 196 valence electrons. The number of carbonyl (C=O) groups excluding carboxylic acids is 2. The molecule has 5 aliphatic carbocycles. The molecule has 0 radical (unpaired) electrons. The fourth-order valence-electron chi connectivity index (χ4n) is 11.1. The molecule has 7 aliphatic rings. The lowest BCUT2D eigenvalue weighted by molar-refractivity contribution is -0.263. The summed E-state index contributed by atoms with van der Waals surface area (Å²) in [7, 11) is 0. The summed E-state index contributed by atoms with van der Waals surface area (Å²) >= 11 is 0. The summed E-state index contributed by atoms with van der Waals surface area (Å²) < 4.78 is 13.2. The molecule has 2 heterocycles. The molecular formula is C29H38O7. The van der Waals surface area contributed by atoms with Gasteiger partial charge in [0, 0.05) is 28.2 Å². The lowest BCUT2D eigenvalue weighted by Crippen LogP contribution is -2.75. The van der Waals surface area contributed by atoms with Gasteiger partial charge in [0.05, 0.1) is 23.2 Å². The summed E-state index contributed by atoms with van der Waals surface area (Å²) in [6.45, 7) is 12.1. The van der Waals surface area contributed by atoms with Crippen molar-refractivity contribution in [3.8, 4) is 0 Å². The zero-order valence-electron chi connectivity index (χ0n) is 22.1. The van der Waals surface area contributed by atoms with Crippen LogP contribution in [0.3, 0.4) is 0 Å². The molecule has 3 N–H and O–H groups in total. The van der Waals surface area contributed by atoms with Gasteiger partial charge in [-0.05, 0) is 68.9 Å². The van der Waals surface area contributed by atoms with Gasteiger partial charge in [0.25, 0.3) is 0 Å². The molecule has 2 aliphatic heterocycles. The van der Waals surface area contributed by atoms with Crippen LogP contribution in [-0.2, 0) is 19.1 Å². The zero-order valence-corrected chi connectivity index (χ0v) is 22.1. The molecule has 36 heavy (non-hydrogen) atoms. The maximum Gasteiger partial charge on any atom is 0.313 e. The SMILES string of the molecule is CC1=C2C(O)CC3(C)C(C4OC4C45OC(=O)C6(CCC(C)(O)C(C)C64)CCC35C)C2(C)C=C(O)C1=O. The van der Waals surface area contributed by atoms with E-state index in [4.69, 9.17) is 9.47 Å². The second kappa shape index (κ2) is 6.13. The van der Waals surface area contributed by atoms with Crippen LogP contribution in [0.25, 0.3) is 0 Å². The van der Waals surface area contributed by atoms with E-state index in [9.17, 15) is 24.9 Å². The lowest BCUT2D eigenvalue weighted by atomic mass is 9.32. The Morgan fingerprint density at radius 3 is 2.39 bits per heavy atom. The molecular weight excluding hydrogens is 460 g/mol. The predicted molar refractivity (Wildman–Crippen MR) is 129 cm³/mol. The number of epoxide rings is 1. The smallest absolute Gasteiger partial charge is 0.313 e. The first-order valence-electron chi connectivity index (χ1n) is 13.6. The monoisotopic (exact) mass is 498 g/mol. The number of carbonyl (C=O) groups is 2. The van der Waals surface area contributed by atoms with E-state index < -0.39 is 44.7 Å². The Kier molecular flexibility index (Phi) is 3.99. The molecule has 4 saturated carbocycles. The van der Waals surface area contributed by atoms with E-state index in [1.54, 1.807) is 13.0 Å². The van der Waals surface area contributed by atoms with Crippen LogP contribution in [0, 0.1) is 39.4 Å². The number of aliphatic hydroxyl groups is 3. The molecule has 0 aromatic heterocycles. The van der Waals surface area contributed by atoms with E-state index >= 15 is 0 Å². The third-order valence-corrected chi connectivity index (χ3v) is 13.0. The Labute approximate surface area is 211 Å². The molecule has 0 amide bonds. The van der Waals surface area contributed by atoms with Gasteiger partial charge in [0.1, 0.15) is 6.10 Å². The number of ether oxygens (including phenoxy) is 2. The summed E-state index contributed by atoms with van der Waals surface area (Å²) in [5, 5.41) is 33.7. The van der Waals surface area contributed by atoms with Crippen LogP contribution in [0.5, 0.6) is 0 Å². The van der Waals surface area contributed by atoms with Crippen LogP contribution in [-0.4, -0.2) is 56.6 Å². The van der Waals surface area contributed by atoms with Crippen molar-refractivity contribution < 1.29 is 34.4 Å². The molecule has 12 unspecified atom stereocenters. The van der Waals surface area contributed by atoms with Crippen LogP contribution in [0.15, 0.2) is 23.0 Å². The summed E-state index contributed by atoms with van der Waals surface area (Å²) in [4.78, 5) is 26.5. The third-order valence-electron chi connectivity index (χ3n) is 13.0. The van der Waals surface area contributed by atoms with Gasteiger partial charge in [-0.1, -0.05) is 27.7 Å². The lowest BCUT2D eigenvalue weighted by Gasteiger charge is -2.70. The average molecular weight is 499 g/mol. The minimum absolute atomic E-state index is 0.111. The second-order valence-electron chi connectivity index (χ2n) is 14.1. The third kappa shape index (κ3) is 2.08. The number of hydrogen-bond acceptors (Lipinski definition) is 7. The van der Waals surface area contributed by atoms with Gasteiger partial charge >= 0.3 is 5.97 Å². The van der Waals surface area contributed by atoms with E-state index in [1.807, 2.05) is 13.8 Å². The highest BCUT2D eigenvalue weighted by Crippen LogP contribution is 2.82. The molecule has 12 atom stereocenters. The molecule has 6 fully saturated rings. The van der Waals surface area contributed by atoms with Crippen molar-refractivity contribution in [3.63, 3.8) is 0 Å². The van der Waals surface area contributed by atoms with Gasteiger partial charge in [0.15, 0.2) is 11.4 Å². The standard InChI is InChI=1S/C29H38O7/c1-13-17-15(30)12-25(4)21(24(17,3)11-16(31)18(13)32)19-22(35-19)29-20-14(2)26(5,34)7-9-28(20,23(33)36-29)10-8-27(25,29)6/h11,14-15,19-22,30-31,34H,7-10,12H2,1-6H3. The molecule has 7 rings (SSSR count). The Bertz CT molecular complexity index is 1200. The number of aliphatic hydroxyl groups excluding tert-OH is 2. The van der Waals surface area contributed by atoms with Crippen molar-refractivity contribution in [3.05, 3.63) is 23.0 Å². The number of Topliss-reactive ketones (excluding diaryl/α,β-unsaturated/α-hetero) is 1. The van der Waals surface area contributed by atoms with E-state index in [1.165, 1.54) is 0 Å². The Balaban J connectivity index is 1.46. The average Bonchev–Trinajstić information content (AvgIpc) is 3.52. The molecule has 0 aromatic rings. The quantitative estimate of drug-likeness (QED) is 0.346. The molecule has 1 spiro atoms. The molecule has 7 nitrogen and oxygen atoms in total. The zero-order chi connectivity index (χ0) is 26.0. The van der Waals surface area contributed by atoms with Crippen LogP contribution in [0.4, 0.5) is 0 Å². The highest BCUT2D eigenvalue weighted by Gasteiger charge is 2.90. The van der Waals surface area contributed by atoms with Crippen LogP contribution in [0.2, 0.25) is 0 Å². The van der Waals surface area contributed by atoms with Gasteiger partial charge in [-0.3, -0.25) is 9.59 Å². The van der Waals surface area contributed by atoms with Gasteiger partial charge < -0.3 is 24.8 Å². The van der Waals surface area contributed by atoms with E-state index in [-0.39, 0.29) is 41.7 Å². The summed E-state index contributed by atoms with van der Waals surface area (Å²) in [6.07, 6.45) is 3.32. The summed E-state index contributed by atoms with van der Waals surface area (Å²) in [5.41, 5.74) is -3.10. The van der Waals surface area contributed by atoms with Crippen molar-refractivity contribution in [1.29, 1.82) is 0 Å². The first-order chi connectivity index (χ1) is 16.6. The second-order valence-corrected chi connectivity index (χ2v) is 14.1. The Morgan fingerprint density at radius 2 is 1.69 bits per heavy atom. The maximum atomic E-state index is 13.8. The number of hydrogen-bond donors (Lipinski definition) is 3. The van der Waals surface area contributed by atoms with Gasteiger partial charge in [-0.15, -0.1) is 0 Å². The largest absolute Gasteiger partial charge is 0.504 e. The summed E-state index contributed by atoms with van der Waals surface area (Å²) in [5.74, 6) is -1.28. The normalized spacial score (nSPS) is 60.7. The molecule has 0 aromatic carbocycles. The number of esters is 1. The fourth-order valence-corrected chi connectivity index (χ4v) is 11.1. The summed E-state index contributed by atoms with van der Waals surface area (Å²) in [6, 6.07) is 0. The Morgan fingerprint density at radius 1 is 1.03 bits per heavy atom. The van der Waals surface area contributed by atoms with Crippen molar-refractivity contribution in [2.45, 2.75) is 103 Å². The van der Waals surface area contributed by atoms with Crippen LogP contribution < -0.4 is 0 Å². The van der Waals surface area contributed by atoms with Crippen molar-refractivity contribution in [1.82, 2.24) is 0 Å². The first kappa shape index (κ1) is 23.4. The Hall–Kier alpha value is -1.70. The fraction of sp³-hybridized carbons (Fsp3) is 0.793. The van der Waals surface area contributed by atoms with Gasteiger partial charge in [0.2, 0.25) is 5.78 Å². The first-order valence-corrected chi connectivity index (χ1v) is 13.6. The number of fused-ring (bicyclic) bond motifs is 6. The number of ketones is 1. The molecule has 2 bridgehead atoms. The number of rotatable bonds is 0. The van der Waals surface area contributed by atoms with Gasteiger partial charge in [-0.25, -0.2) is 0 Å². The van der Waals surface area contributed by atoms with E-state index in [0.29, 0.717) is 36.8 Å². The van der Waals surface area contributed by atoms with Gasteiger partial charge in [-0.2, -0.15) is 0 Å². The number of allylic oxidation sites excluding steroid dienone is 2. The minimum atomic E-state index is -0.904. The highest BCUT2D eigenvalue weighted by atomic mass is 16.6.